The lowest BCUT2D eigenvalue weighted by molar-refractivity contribution is -0.119. The number of likely N-dealkylation sites (tertiary alicyclic amines) is 1. The first kappa shape index (κ1) is 12.1. The van der Waals surface area contributed by atoms with E-state index in [4.69, 9.17) is 5.73 Å². The average Bonchev–Trinajstić information content (AvgIpc) is 2.58. The first-order valence-corrected chi connectivity index (χ1v) is 6.09. The second-order valence-corrected chi connectivity index (χ2v) is 4.85. The van der Waals surface area contributed by atoms with Gasteiger partial charge in [-0.15, -0.1) is 0 Å². The number of aromatic nitrogens is 2. The summed E-state index contributed by atoms with van der Waals surface area (Å²) in [7, 11) is 0. The lowest BCUT2D eigenvalue weighted by Crippen LogP contribution is -2.40. The summed E-state index contributed by atoms with van der Waals surface area (Å²) >= 11 is 0. The quantitative estimate of drug-likeness (QED) is 0.837. The van der Waals surface area contributed by atoms with Crippen molar-refractivity contribution in [2.75, 3.05) is 19.6 Å². The average molecular weight is 236 g/mol. The molecule has 5 heteroatoms. The van der Waals surface area contributed by atoms with Gasteiger partial charge in [0, 0.05) is 18.8 Å². The lowest BCUT2D eigenvalue weighted by Gasteiger charge is -2.31. The first-order valence-electron chi connectivity index (χ1n) is 6.09. The standard InChI is InChI=1S/C12H20N4O/c1-9-7-10(2)16(14-9)11-3-5-15(6-4-11)8-12(13)17/h7,11H,3-6,8H2,1-2H3,(H2,13,17). The van der Waals surface area contributed by atoms with Crippen molar-refractivity contribution >= 4 is 5.91 Å². The van der Waals surface area contributed by atoms with E-state index < -0.39 is 0 Å². The molecule has 0 radical (unpaired) electrons. The third kappa shape index (κ3) is 2.85. The number of hydrogen-bond acceptors (Lipinski definition) is 3. The summed E-state index contributed by atoms with van der Waals surface area (Å²) in [6, 6.07) is 2.57. The van der Waals surface area contributed by atoms with Gasteiger partial charge in [0.25, 0.3) is 0 Å². The second-order valence-electron chi connectivity index (χ2n) is 4.85. The van der Waals surface area contributed by atoms with E-state index in [1.807, 2.05) is 6.92 Å². The zero-order valence-corrected chi connectivity index (χ0v) is 10.5. The molecule has 94 valence electrons. The molecule has 1 aliphatic rings. The van der Waals surface area contributed by atoms with Crippen LogP contribution < -0.4 is 5.73 Å². The Kier molecular flexibility index (Phi) is 3.47. The van der Waals surface area contributed by atoms with Crippen molar-refractivity contribution in [3.8, 4) is 0 Å². The molecule has 2 rings (SSSR count). The number of nitrogens with zero attached hydrogens (tertiary/aromatic N) is 3. The number of nitrogens with two attached hydrogens (primary N) is 1. The molecule has 0 atom stereocenters. The summed E-state index contributed by atoms with van der Waals surface area (Å²) in [6.07, 6.45) is 2.07. The molecule has 0 spiro atoms. The highest BCUT2D eigenvalue weighted by Gasteiger charge is 2.22. The molecule has 1 amide bonds. The van der Waals surface area contributed by atoms with Gasteiger partial charge in [-0.1, -0.05) is 0 Å². The third-order valence-electron chi connectivity index (χ3n) is 3.33. The van der Waals surface area contributed by atoms with Crippen molar-refractivity contribution in [2.24, 2.45) is 5.73 Å². The molecule has 0 saturated carbocycles. The molecule has 1 fully saturated rings. The Balaban J connectivity index is 1.95. The number of carbonyl (C=O) groups is 1. The molecule has 2 heterocycles. The monoisotopic (exact) mass is 236 g/mol. The fourth-order valence-electron chi connectivity index (χ4n) is 2.56. The molecule has 17 heavy (non-hydrogen) atoms. The highest BCUT2D eigenvalue weighted by molar-refractivity contribution is 5.75. The van der Waals surface area contributed by atoms with E-state index in [-0.39, 0.29) is 5.91 Å². The highest BCUT2D eigenvalue weighted by Crippen LogP contribution is 2.23. The molecule has 0 bridgehead atoms. The Morgan fingerprint density at radius 1 is 1.47 bits per heavy atom. The van der Waals surface area contributed by atoms with Crippen molar-refractivity contribution in [2.45, 2.75) is 32.7 Å². The first-order chi connectivity index (χ1) is 8.06. The van der Waals surface area contributed by atoms with Crippen LogP contribution in [0.1, 0.15) is 30.3 Å². The Bertz CT molecular complexity index is 405. The van der Waals surface area contributed by atoms with Crippen molar-refractivity contribution in [1.82, 2.24) is 14.7 Å². The Morgan fingerprint density at radius 2 is 2.12 bits per heavy atom. The fourth-order valence-corrected chi connectivity index (χ4v) is 2.56. The lowest BCUT2D eigenvalue weighted by atomic mass is 10.1. The molecule has 5 nitrogen and oxygen atoms in total. The van der Waals surface area contributed by atoms with E-state index >= 15 is 0 Å². The van der Waals surface area contributed by atoms with Crippen molar-refractivity contribution in [3.05, 3.63) is 17.5 Å². The number of hydrogen-bond donors (Lipinski definition) is 1. The summed E-state index contributed by atoms with van der Waals surface area (Å²) in [5.41, 5.74) is 7.49. The van der Waals surface area contributed by atoms with Gasteiger partial charge in [-0.05, 0) is 32.8 Å². The van der Waals surface area contributed by atoms with Crippen LogP contribution in [0, 0.1) is 13.8 Å². The van der Waals surface area contributed by atoms with Gasteiger partial charge in [0.2, 0.25) is 5.91 Å². The van der Waals surface area contributed by atoms with E-state index in [1.54, 1.807) is 0 Å². The van der Waals surface area contributed by atoms with Crippen LogP contribution in [0.5, 0.6) is 0 Å². The van der Waals surface area contributed by atoms with Crippen LogP contribution in [-0.4, -0.2) is 40.2 Å². The van der Waals surface area contributed by atoms with Crippen LogP contribution >= 0.6 is 0 Å². The number of aryl methyl sites for hydroxylation is 2. The van der Waals surface area contributed by atoms with Gasteiger partial charge in [-0.25, -0.2) is 0 Å². The molecule has 0 aliphatic carbocycles. The maximum Gasteiger partial charge on any atom is 0.231 e. The summed E-state index contributed by atoms with van der Waals surface area (Å²) in [6.45, 7) is 6.34. The smallest absolute Gasteiger partial charge is 0.231 e. The van der Waals surface area contributed by atoms with E-state index in [0.717, 1.165) is 31.6 Å². The Hall–Kier alpha value is -1.36. The van der Waals surface area contributed by atoms with Gasteiger partial charge >= 0.3 is 0 Å². The normalized spacial score (nSPS) is 18.5. The van der Waals surface area contributed by atoms with Crippen LogP contribution in [0.3, 0.4) is 0 Å². The maximum absolute atomic E-state index is 10.8. The summed E-state index contributed by atoms with van der Waals surface area (Å²) in [5.74, 6) is -0.241. The molecule has 2 N–H and O–H groups in total. The predicted octanol–water partition coefficient (Wildman–Crippen LogP) is 0.622. The largest absolute Gasteiger partial charge is 0.369 e. The zero-order valence-electron chi connectivity index (χ0n) is 10.5. The van der Waals surface area contributed by atoms with Crippen LogP contribution in [0.2, 0.25) is 0 Å². The number of rotatable bonds is 3. The van der Waals surface area contributed by atoms with Crippen LogP contribution in [0.25, 0.3) is 0 Å². The number of amides is 1. The minimum Gasteiger partial charge on any atom is -0.369 e. The molecular weight excluding hydrogens is 216 g/mol. The fraction of sp³-hybridized carbons (Fsp3) is 0.667. The van der Waals surface area contributed by atoms with Gasteiger partial charge in [0.15, 0.2) is 0 Å². The van der Waals surface area contributed by atoms with E-state index in [2.05, 4.69) is 27.7 Å². The topological polar surface area (TPSA) is 64.2 Å². The number of carbonyl (C=O) groups excluding carboxylic acids is 1. The molecule has 0 aromatic carbocycles. The summed E-state index contributed by atoms with van der Waals surface area (Å²) < 4.78 is 2.12. The van der Waals surface area contributed by atoms with E-state index in [1.165, 1.54) is 5.69 Å². The maximum atomic E-state index is 10.8. The minimum atomic E-state index is -0.241. The van der Waals surface area contributed by atoms with Crippen LogP contribution in [0.4, 0.5) is 0 Å². The van der Waals surface area contributed by atoms with E-state index in [9.17, 15) is 4.79 Å². The Morgan fingerprint density at radius 3 is 2.59 bits per heavy atom. The SMILES string of the molecule is Cc1cc(C)n(C2CCN(CC(N)=O)CC2)n1. The summed E-state index contributed by atoms with van der Waals surface area (Å²) in [5, 5.41) is 4.53. The molecule has 0 unspecified atom stereocenters. The predicted molar refractivity (Wildman–Crippen MR) is 65.6 cm³/mol. The Labute approximate surface area is 102 Å². The van der Waals surface area contributed by atoms with Gasteiger partial charge in [0.1, 0.15) is 0 Å². The van der Waals surface area contributed by atoms with Crippen molar-refractivity contribution in [3.63, 3.8) is 0 Å². The molecule has 1 aliphatic heterocycles. The van der Waals surface area contributed by atoms with Crippen LogP contribution in [0.15, 0.2) is 6.07 Å². The number of primary amides is 1. The molecular formula is C12H20N4O. The van der Waals surface area contributed by atoms with Crippen molar-refractivity contribution in [1.29, 1.82) is 0 Å². The van der Waals surface area contributed by atoms with Gasteiger partial charge in [-0.2, -0.15) is 5.10 Å². The molecule has 1 aromatic heterocycles. The molecule has 1 saturated heterocycles. The van der Waals surface area contributed by atoms with Crippen LogP contribution in [-0.2, 0) is 4.79 Å². The van der Waals surface area contributed by atoms with E-state index in [0.29, 0.717) is 12.6 Å². The van der Waals surface area contributed by atoms with Crippen molar-refractivity contribution < 1.29 is 4.79 Å². The third-order valence-corrected chi connectivity index (χ3v) is 3.33. The number of piperidine rings is 1. The zero-order chi connectivity index (χ0) is 12.4. The second kappa shape index (κ2) is 4.87. The van der Waals surface area contributed by atoms with Gasteiger partial charge in [-0.3, -0.25) is 14.4 Å². The minimum absolute atomic E-state index is 0.241. The summed E-state index contributed by atoms with van der Waals surface area (Å²) in [4.78, 5) is 13.0. The molecule has 1 aromatic rings. The highest BCUT2D eigenvalue weighted by atomic mass is 16.1. The van der Waals surface area contributed by atoms with Gasteiger partial charge in [0.05, 0.1) is 18.3 Å². The van der Waals surface area contributed by atoms with Gasteiger partial charge < -0.3 is 5.73 Å².